The number of hydrogen-bond donors (Lipinski definition) is 0. The number of rotatable bonds is 3. The van der Waals surface area contributed by atoms with Crippen LogP contribution >= 0.6 is 0 Å². The largest absolute Gasteiger partial charge is 0.361 e. The molecule has 0 aliphatic carbocycles. The molecule has 3 rings (SSSR count). The van der Waals surface area contributed by atoms with E-state index in [2.05, 4.69) is 24.9 Å². The summed E-state index contributed by atoms with van der Waals surface area (Å²) >= 11 is 0. The monoisotopic (exact) mass is 255 g/mol. The van der Waals surface area contributed by atoms with Crippen LogP contribution in [0.5, 0.6) is 0 Å². The van der Waals surface area contributed by atoms with Gasteiger partial charge in [0, 0.05) is 26.5 Å². The molecule has 3 heterocycles. The highest BCUT2D eigenvalue weighted by molar-refractivity contribution is 5.82. The van der Waals surface area contributed by atoms with E-state index in [4.69, 9.17) is 0 Å². The summed E-state index contributed by atoms with van der Waals surface area (Å²) in [4.78, 5) is 23.2. The standard InChI is InChI=1S/C12H13N7/c1-18(2)11-10-12(16-7-15-11)19(8-17-10)6-9-13-4-3-5-14-9/h3-5,7-8H,6H2,1-2H3. The Kier molecular flexibility index (Phi) is 2.79. The first-order chi connectivity index (χ1) is 9.25. The van der Waals surface area contributed by atoms with E-state index < -0.39 is 0 Å². The van der Waals surface area contributed by atoms with Crippen molar-refractivity contribution in [3.63, 3.8) is 0 Å². The quantitative estimate of drug-likeness (QED) is 0.687. The van der Waals surface area contributed by atoms with Crippen LogP contribution in [0.3, 0.4) is 0 Å². The predicted octanol–water partition coefficient (Wildman–Crippen LogP) is 0.731. The third-order valence-corrected chi connectivity index (χ3v) is 2.74. The van der Waals surface area contributed by atoms with Crippen molar-refractivity contribution in [1.82, 2.24) is 29.5 Å². The SMILES string of the molecule is CN(C)c1ncnc2c1ncn2Cc1ncccn1. The zero-order valence-electron chi connectivity index (χ0n) is 10.7. The summed E-state index contributed by atoms with van der Waals surface area (Å²) in [6.45, 7) is 0.543. The Labute approximate surface area is 110 Å². The lowest BCUT2D eigenvalue weighted by Crippen LogP contribution is -2.11. The molecule has 0 aromatic carbocycles. The third-order valence-electron chi connectivity index (χ3n) is 2.74. The van der Waals surface area contributed by atoms with E-state index in [1.54, 1.807) is 31.1 Å². The third kappa shape index (κ3) is 2.10. The molecule has 0 bridgehead atoms. The molecule has 0 aliphatic heterocycles. The Balaban J connectivity index is 2.04. The van der Waals surface area contributed by atoms with Crippen LogP contribution in [-0.4, -0.2) is 43.6 Å². The van der Waals surface area contributed by atoms with Gasteiger partial charge < -0.3 is 9.47 Å². The number of nitrogens with zero attached hydrogens (tertiary/aromatic N) is 7. The summed E-state index contributed by atoms with van der Waals surface area (Å²) in [7, 11) is 3.86. The van der Waals surface area contributed by atoms with Crippen LogP contribution in [0.4, 0.5) is 5.82 Å². The van der Waals surface area contributed by atoms with Gasteiger partial charge in [0.05, 0.1) is 12.9 Å². The first kappa shape index (κ1) is 11.5. The average molecular weight is 255 g/mol. The molecule has 3 aromatic rings. The lowest BCUT2D eigenvalue weighted by atomic mass is 10.4. The maximum Gasteiger partial charge on any atom is 0.165 e. The maximum atomic E-state index is 4.38. The van der Waals surface area contributed by atoms with Crippen molar-refractivity contribution in [2.45, 2.75) is 6.54 Å². The van der Waals surface area contributed by atoms with Gasteiger partial charge in [-0.05, 0) is 6.07 Å². The van der Waals surface area contributed by atoms with Gasteiger partial charge in [-0.2, -0.15) is 0 Å². The van der Waals surface area contributed by atoms with Crippen molar-refractivity contribution in [2.24, 2.45) is 0 Å². The van der Waals surface area contributed by atoms with Gasteiger partial charge in [0.1, 0.15) is 12.2 Å². The fourth-order valence-corrected chi connectivity index (χ4v) is 1.88. The molecule has 7 nitrogen and oxygen atoms in total. The van der Waals surface area contributed by atoms with Crippen molar-refractivity contribution < 1.29 is 0 Å². The van der Waals surface area contributed by atoms with Crippen LogP contribution in [0.2, 0.25) is 0 Å². The Morgan fingerprint density at radius 1 is 1.05 bits per heavy atom. The van der Waals surface area contributed by atoms with Crippen LogP contribution in [0, 0.1) is 0 Å². The Bertz CT molecular complexity index is 690. The molecule has 0 spiro atoms. The number of hydrogen-bond acceptors (Lipinski definition) is 6. The first-order valence-electron chi connectivity index (χ1n) is 5.85. The van der Waals surface area contributed by atoms with Gasteiger partial charge >= 0.3 is 0 Å². The summed E-state index contributed by atoms with van der Waals surface area (Å²) in [5.74, 6) is 1.53. The van der Waals surface area contributed by atoms with Gasteiger partial charge in [-0.25, -0.2) is 24.9 Å². The lowest BCUT2D eigenvalue weighted by Gasteiger charge is -2.10. The molecule has 0 N–H and O–H groups in total. The molecular weight excluding hydrogens is 242 g/mol. The number of fused-ring (bicyclic) bond motifs is 1. The van der Waals surface area contributed by atoms with E-state index in [-0.39, 0.29) is 0 Å². The lowest BCUT2D eigenvalue weighted by molar-refractivity contribution is 0.755. The highest BCUT2D eigenvalue weighted by Crippen LogP contribution is 2.19. The van der Waals surface area contributed by atoms with E-state index in [0.717, 1.165) is 22.8 Å². The predicted molar refractivity (Wildman–Crippen MR) is 70.8 cm³/mol. The van der Waals surface area contributed by atoms with Crippen molar-refractivity contribution in [2.75, 3.05) is 19.0 Å². The minimum atomic E-state index is 0.543. The molecule has 3 aromatic heterocycles. The summed E-state index contributed by atoms with van der Waals surface area (Å²) < 4.78 is 1.92. The Morgan fingerprint density at radius 3 is 2.58 bits per heavy atom. The first-order valence-corrected chi connectivity index (χ1v) is 5.85. The fraction of sp³-hybridized carbons (Fsp3) is 0.250. The minimum Gasteiger partial charge on any atom is -0.361 e. The van der Waals surface area contributed by atoms with Crippen LogP contribution in [0.1, 0.15) is 5.82 Å². The van der Waals surface area contributed by atoms with Gasteiger partial charge in [-0.1, -0.05) is 0 Å². The minimum absolute atomic E-state index is 0.543. The van der Waals surface area contributed by atoms with Gasteiger partial charge in [0.15, 0.2) is 17.0 Å². The molecule has 7 heteroatoms. The summed E-state index contributed by atoms with van der Waals surface area (Å²) in [6, 6.07) is 1.79. The van der Waals surface area contributed by atoms with Gasteiger partial charge in [0.2, 0.25) is 0 Å². The molecule has 0 unspecified atom stereocenters. The van der Waals surface area contributed by atoms with E-state index in [1.165, 1.54) is 0 Å². The van der Waals surface area contributed by atoms with Crippen molar-refractivity contribution in [3.05, 3.63) is 36.9 Å². The zero-order chi connectivity index (χ0) is 13.2. The molecule has 19 heavy (non-hydrogen) atoms. The van der Waals surface area contributed by atoms with Crippen LogP contribution in [0.15, 0.2) is 31.1 Å². The van der Waals surface area contributed by atoms with E-state index >= 15 is 0 Å². The molecular formula is C12H13N7. The Hall–Kier alpha value is -2.57. The van der Waals surface area contributed by atoms with Crippen molar-refractivity contribution in [3.8, 4) is 0 Å². The van der Waals surface area contributed by atoms with Crippen LogP contribution < -0.4 is 4.90 Å². The highest BCUT2D eigenvalue weighted by atomic mass is 15.2. The normalized spacial score (nSPS) is 10.8. The second-order valence-corrected chi connectivity index (χ2v) is 4.30. The van der Waals surface area contributed by atoms with E-state index in [1.807, 2.05) is 23.6 Å². The van der Waals surface area contributed by atoms with Crippen LogP contribution in [-0.2, 0) is 6.54 Å². The highest BCUT2D eigenvalue weighted by Gasteiger charge is 2.11. The molecule has 96 valence electrons. The second-order valence-electron chi connectivity index (χ2n) is 4.30. The van der Waals surface area contributed by atoms with Gasteiger partial charge in [-0.3, -0.25) is 0 Å². The molecule has 0 atom stereocenters. The van der Waals surface area contributed by atoms with E-state index in [0.29, 0.717) is 6.54 Å². The molecule has 0 saturated carbocycles. The van der Waals surface area contributed by atoms with Gasteiger partial charge in [0.25, 0.3) is 0 Å². The molecule has 0 saturated heterocycles. The second kappa shape index (κ2) is 4.60. The van der Waals surface area contributed by atoms with Crippen molar-refractivity contribution in [1.29, 1.82) is 0 Å². The number of aromatic nitrogens is 6. The summed E-state index contributed by atoms with van der Waals surface area (Å²) in [6.07, 6.45) is 6.73. The average Bonchev–Trinajstić information content (AvgIpc) is 2.83. The smallest absolute Gasteiger partial charge is 0.165 e. The zero-order valence-corrected chi connectivity index (χ0v) is 10.7. The molecule has 0 fully saturated rings. The Morgan fingerprint density at radius 2 is 1.84 bits per heavy atom. The molecule has 0 aliphatic rings. The van der Waals surface area contributed by atoms with Gasteiger partial charge in [-0.15, -0.1) is 0 Å². The number of imidazole rings is 1. The van der Waals surface area contributed by atoms with Crippen LogP contribution in [0.25, 0.3) is 11.2 Å². The topological polar surface area (TPSA) is 72.6 Å². The summed E-state index contributed by atoms with van der Waals surface area (Å²) in [5, 5.41) is 0. The van der Waals surface area contributed by atoms with Crippen molar-refractivity contribution >= 4 is 17.0 Å². The maximum absolute atomic E-state index is 4.38. The van der Waals surface area contributed by atoms with E-state index in [9.17, 15) is 0 Å². The molecule has 0 amide bonds. The number of anilines is 1. The molecule has 0 radical (unpaired) electrons. The summed E-state index contributed by atoms with van der Waals surface area (Å²) in [5.41, 5.74) is 1.56. The fourth-order valence-electron chi connectivity index (χ4n) is 1.88.